The maximum atomic E-state index is 13.9. The van der Waals surface area contributed by atoms with Gasteiger partial charge in [-0.3, -0.25) is 0 Å². The zero-order chi connectivity index (χ0) is 13.6. The Labute approximate surface area is 107 Å². The van der Waals surface area contributed by atoms with Crippen LogP contribution in [-0.4, -0.2) is 14.7 Å². The molecular weight excluding hydrogens is 250 g/mol. The molecule has 2 aromatic carbocycles. The average molecular weight is 260 g/mol. The van der Waals surface area contributed by atoms with Crippen molar-refractivity contribution in [3.63, 3.8) is 0 Å². The average Bonchev–Trinajstić information content (AvgIpc) is 2.79. The Morgan fingerprint density at radius 2 is 1.84 bits per heavy atom. The number of fused-ring (bicyclic) bond motifs is 1. The zero-order valence-electron chi connectivity index (χ0n) is 10.1. The maximum absolute atomic E-state index is 13.9. The van der Waals surface area contributed by atoms with Gasteiger partial charge in [-0.15, -0.1) is 0 Å². The van der Waals surface area contributed by atoms with Crippen LogP contribution in [0.15, 0.2) is 36.7 Å². The van der Waals surface area contributed by atoms with Gasteiger partial charge < -0.3 is 9.67 Å². The predicted molar refractivity (Wildman–Crippen MR) is 67.7 cm³/mol. The number of para-hydroxylation sites is 1. The first-order valence-corrected chi connectivity index (χ1v) is 5.67. The van der Waals surface area contributed by atoms with Gasteiger partial charge in [0.25, 0.3) is 0 Å². The van der Waals surface area contributed by atoms with E-state index in [4.69, 9.17) is 5.11 Å². The molecule has 0 bridgehead atoms. The van der Waals surface area contributed by atoms with E-state index in [9.17, 15) is 8.78 Å². The first-order chi connectivity index (χ1) is 9.09. The van der Waals surface area contributed by atoms with Gasteiger partial charge in [0.15, 0.2) is 11.6 Å². The lowest BCUT2D eigenvalue weighted by molar-refractivity contribution is 0.408. The number of imidazole rings is 1. The summed E-state index contributed by atoms with van der Waals surface area (Å²) in [5.41, 5.74) is 1.99. The summed E-state index contributed by atoms with van der Waals surface area (Å²) in [7, 11) is 1.83. The molecule has 1 aromatic heterocycles. The Morgan fingerprint density at radius 1 is 1.05 bits per heavy atom. The first-order valence-electron chi connectivity index (χ1n) is 5.67. The van der Waals surface area contributed by atoms with Crippen LogP contribution in [0.1, 0.15) is 0 Å². The number of nitrogens with zero attached hydrogens (tertiary/aromatic N) is 2. The van der Waals surface area contributed by atoms with Gasteiger partial charge in [-0.2, -0.15) is 4.39 Å². The third-order valence-electron chi connectivity index (χ3n) is 3.11. The molecule has 0 saturated carbocycles. The molecular formula is C14H10F2N2O. The van der Waals surface area contributed by atoms with Crippen molar-refractivity contribution >= 4 is 11.0 Å². The van der Waals surface area contributed by atoms with Crippen LogP contribution in [0.3, 0.4) is 0 Å². The van der Waals surface area contributed by atoms with Crippen LogP contribution in [0.25, 0.3) is 22.2 Å². The number of phenols is 1. The highest BCUT2D eigenvalue weighted by Crippen LogP contribution is 2.32. The molecule has 0 atom stereocenters. The summed E-state index contributed by atoms with van der Waals surface area (Å²) in [6.45, 7) is 0. The second-order valence-corrected chi connectivity index (χ2v) is 4.29. The smallest absolute Gasteiger partial charge is 0.200 e. The van der Waals surface area contributed by atoms with Crippen LogP contribution >= 0.6 is 0 Å². The fourth-order valence-corrected chi connectivity index (χ4v) is 2.12. The number of aryl methyl sites for hydroxylation is 1. The molecule has 19 heavy (non-hydrogen) atoms. The van der Waals surface area contributed by atoms with Crippen molar-refractivity contribution < 1.29 is 13.9 Å². The molecule has 0 aliphatic carbocycles. The molecule has 0 amide bonds. The molecule has 0 unspecified atom stereocenters. The number of aromatic nitrogens is 2. The molecule has 0 fully saturated rings. The van der Waals surface area contributed by atoms with E-state index in [1.54, 1.807) is 23.0 Å². The van der Waals surface area contributed by atoms with Gasteiger partial charge in [0, 0.05) is 18.2 Å². The molecule has 0 aliphatic rings. The number of phenolic OH excluding ortho intramolecular Hbond substituents is 1. The van der Waals surface area contributed by atoms with Crippen LogP contribution in [-0.2, 0) is 7.05 Å². The van der Waals surface area contributed by atoms with Crippen LogP contribution < -0.4 is 0 Å². The van der Waals surface area contributed by atoms with Crippen molar-refractivity contribution in [1.82, 2.24) is 9.55 Å². The van der Waals surface area contributed by atoms with E-state index in [0.29, 0.717) is 11.1 Å². The Morgan fingerprint density at radius 3 is 2.63 bits per heavy atom. The van der Waals surface area contributed by atoms with Crippen molar-refractivity contribution in [2.45, 2.75) is 0 Å². The lowest BCUT2D eigenvalue weighted by Crippen LogP contribution is -1.91. The molecule has 1 N–H and O–H groups in total. The van der Waals surface area contributed by atoms with Gasteiger partial charge in [0.05, 0.1) is 17.4 Å². The standard InChI is InChI=1S/C14H10F2N2O/c1-18-7-17-14-9(3-2-4-10(14)18)8-5-6-11(19)13(16)12(8)15/h2-7,19H,1H3. The first kappa shape index (κ1) is 11.6. The summed E-state index contributed by atoms with van der Waals surface area (Å²) >= 11 is 0. The summed E-state index contributed by atoms with van der Waals surface area (Å²) in [5, 5.41) is 9.15. The van der Waals surface area contributed by atoms with Crippen LogP contribution in [0, 0.1) is 11.6 Å². The van der Waals surface area contributed by atoms with Gasteiger partial charge in [-0.1, -0.05) is 12.1 Å². The summed E-state index contributed by atoms with van der Waals surface area (Å²) in [6.07, 6.45) is 1.61. The van der Waals surface area contributed by atoms with Gasteiger partial charge in [0.2, 0.25) is 5.82 Å². The summed E-state index contributed by atoms with van der Waals surface area (Å²) in [5.74, 6) is -3.02. The Balaban J connectivity index is 2.34. The Hall–Kier alpha value is -2.43. The lowest BCUT2D eigenvalue weighted by atomic mass is 10.0. The number of halogens is 2. The SMILES string of the molecule is Cn1cnc2c(-c3ccc(O)c(F)c3F)cccc21. The minimum Gasteiger partial charge on any atom is -0.505 e. The highest BCUT2D eigenvalue weighted by molar-refractivity contribution is 5.92. The number of benzene rings is 2. The third kappa shape index (κ3) is 1.66. The Kier molecular flexibility index (Phi) is 2.48. The van der Waals surface area contributed by atoms with Crippen LogP contribution in [0.2, 0.25) is 0 Å². The van der Waals surface area contributed by atoms with E-state index in [-0.39, 0.29) is 5.56 Å². The topological polar surface area (TPSA) is 38.0 Å². The summed E-state index contributed by atoms with van der Waals surface area (Å²) in [6, 6.07) is 7.75. The van der Waals surface area contributed by atoms with Gasteiger partial charge in [-0.05, 0) is 18.2 Å². The zero-order valence-corrected chi connectivity index (χ0v) is 10.1. The fourth-order valence-electron chi connectivity index (χ4n) is 2.12. The van der Waals surface area contributed by atoms with E-state index in [1.165, 1.54) is 6.07 Å². The van der Waals surface area contributed by atoms with E-state index in [1.807, 2.05) is 13.1 Å². The van der Waals surface area contributed by atoms with E-state index >= 15 is 0 Å². The molecule has 0 spiro atoms. The van der Waals surface area contributed by atoms with Crippen LogP contribution in [0.5, 0.6) is 5.75 Å². The largest absolute Gasteiger partial charge is 0.505 e. The normalized spacial score (nSPS) is 11.1. The van der Waals surface area contributed by atoms with Gasteiger partial charge in [0.1, 0.15) is 0 Å². The van der Waals surface area contributed by atoms with Crippen LogP contribution in [0.4, 0.5) is 8.78 Å². The van der Waals surface area contributed by atoms with Crippen molar-refractivity contribution in [3.8, 4) is 16.9 Å². The van der Waals surface area contributed by atoms with Crippen molar-refractivity contribution in [1.29, 1.82) is 0 Å². The van der Waals surface area contributed by atoms with Crippen molar-refractivity contribution in [3.05, 3.63) is 48.3 Å². The molecule has 1 heterocycles. The molecule has 3 nitrogen and oxygen atoms in total. The molecule has 3 rings (SSSR count). The van der Waals surface area contributed by atoms with Crippen molar-refractivity contribution in [2.24, 2.45) is 7.05 Å². The third-order valence-corrected chi connectivity index (χ3v) is 3.11. The lowest BCUT2D eigenvalue weighted by Gasteiger charge is -2.06. The fraction of sp³-hybridized carbons (Fsp3) is 0.0714. The Bertz CT molecular complexity index is 780. The molecule has 96 valence electrons. The molecule has 0 radical (unpaired) electrons. The second-order valence-electron chi connectivity index (χ2n) is 4.29. The molecule has 3 aromatic rings. The number of aromatic hydroxyl groups is 1. The highest BCUT2D eigenvalue weighted by Gasteiger charge is 2.17. The maximum Gasteiger partial charge on any atom is 0.200 e. The number of hydrogen-bond donors (Lipinski definition) is 1. The minimum absolute atomic E-state index is 0.0830. The van der Waals surface area contributed by atoms with E-state index < -0.39 is 17.4 Å². The number of rotatable bonds is 1. The molecule has 5 heteroatoms. The molecule has 0 saturated heterocycles. The van der Waals surface area contributed by atoms with Crippen molar-refractivity contribution in [2.75, 3.05) is 0 Å². The minimum atomic E-state index is -1.24. The molecule has 0 aliphatic heterocycles. The summed E-state index contributed by atoms with van der Waals surface area (Å²) in [4.78, 5) is 4.20. The highest BCUT2D eigenvalue weighted by atomic mass is 19.2. The van der Waals surface area contributed by atoms with Gasteiger partial charge >= 0.3 is 0 Å². The monoisotopic (exact) mass is 260 g/mol. The predicted octanol–water partition coefficient (Wildman–Crippen LogP) is 3.22. The second kappa shape index (κ2) is 4.05. The summed E-state index contributed by atoms with van der Waals surface area (Å²) < 4.78 is 29.1. The number of hydrogen-bond acceptors (Lipinski definition) is 2. The quantitative estimate of drug-likeness (QED) is 0.729. The van der Waals surface area contributed by atoms with Gasteiger partial charge in [-0.25, -0.2) is 9.37 Å². The van der Waals surface area contributed by atoms with E-state index in [2.05, 4.69) is 4.98 Å². The van der Waals surface area contributed by atoms with E-state index in [0.717, 1.165) is 11.6 Å².